The van der Waals surface area contributed by atoms with Crippen molar-refractivity contribution in [3.05, 3.63) is 50.6 Å². The molecule has 20 heavy (non-hydrogen) atoms. The van der Waals surface area contributed by atoms with E-state index >= 15 is 0 Å². The normalized spacial score (nSPS) is 12.7. The van der Waals surface area contributed by atoms with E-state index in [1.807, 2.05) is 18.4 Å². The molecule has 1 aromatic carbocycles. The third-order valence-corrected chi connectivity index (χ3v) is 4.49. The van der Waals surface area contributed by atoms with Gasteiger partial charge in [-0.3, -0.25) is 0 Å². The van der Waals surface area contributed by atoms with Gasteiger partial charge in [0.1, 0.15) is 5.75 Å². The number of nitrogens with one attached hydrogen (secondary N) is 1. The zero-order valence-corrected chi connectivity index (χ0v) is 13.2. The first-order valence-corrected chi connectivity index (χ1v) is 7.73. The molecule has 1 aromatic heterocycles. The van der Waals surface area contributed by atoms with Gasteiger partial charge in [0.2, 0.25) is 0 Å². The molecule has 0 saturated carbocycles. The molecule has 1 N–H and O–H groups in total. The fourth-order valence-electron chi connectivity index (χ4n) is 1.78. The number of rotatable bonds is 6. The Kier molecular flexibility index (Phi) is 5.51. The van der Waals surface area contributed by atoms with Crippen LogP contribution in [0.5, 0.6) is 5.75 Å². The maximum atomic E-state index is 12.2. The van der Waals surface area contributed by atoms with Crippen LogP contribution in [0.15, 0.2) is 40.2 Å². The molecule has 2 nitrogen and oxygen atoms in total. The Morgan fingerprint density at radius 1 is 1.35 bits per heavy atom. The van der Waals surface area contributed by atoms with E-state index in [9.17, 15) is 8.78 Å². The van der Waals surface area contributed by atoms with Crippen LogP contribution in [0.2, 0.25) is 0 Å². The van der Waals surface area contributed by atoms with Gasteiger partial charge in [0, 0.05) is 27.3 Å². The molecule has 0 saturated heterocycles. The lowest BCUT2D eigenvalue weighted by atomic mass is 10.1. The van der Waals surface area contributed by atoms with Crippen LogP contribution in [0.4, 0.5) is 8.78 Å². The van der Waals surface area contributed by atoms with Gasteiger partial charge in [-0.1, -0.05) is 12.1 Å². The molecular weight excluding hydrogens is 348 g/mol. The van der Waals surface area contributed by atoms with Crippen molar-refractivity contribution in [1.29, 1.82) is 0 Å². The highest BCUT2D eigenvalue weighted by atomic mass is 79.9. The maximum Gasteiger partial charge on any atom is 0.387 e. The van der Waals surface area contributed by atoms with Crippen molar-refractivity contribution in [2.45, 2.75) is 26.1 Å². The Morgan fingerprint density at radius 2 is 2.15 bits per heavy atom. The zero-order valence-electron chi connectivity index (χ0n) is 10.8. The lowest BCUT2D eigenvalue weighted by Crippen LogP contribution is -2.17. The highest BCUT2D eigenvalue weighted by molar-refractivity contribution is 9.10. The molecule has 1 unspecified atom stereocenters. The molecule has 0 bridgehead atoms. The van der Waals surface area contributed by atoms with E-state index in [-0.39, 0.29) is 11.8 Å². The smallest absolute Gasteiger partial charge is 0.387 e. The number of halogens is 3. The maximum absolute atomic E-state index is 12.2. The molecule has 1 atom stereocenters. The fraction of sp³-hybridized carbons (Fsp3) is 0.286. The average molecular weight is 362 g/mol. The highest BCUT2D eigenvalue weighted by Gasteiger charge is 2.09. The lowest BCUT2D eigenvalue weighted by Gasteiger charge is -2.15. The second-order valence-electron chi connectivity index (χ2n) is 4.28. The molecule has 2 aromatic rings. The van der Waals surface area contributed by atoms with E-state index < -0.39 is 6.61 Å². The summed E-state index contributed by atoms with van der Waals surface area (Å²) in [4.78, 5) is 1.21. The summed E-state index contributed by atoms with van der Waals surface area (Å²) in [7, 11) is 0. The Bertz CT molecular complexity index is 562. The molecule has 0 radical (unpaired) electrons. The van der Waals surface area contributed by atoms with Crippen LogP contribution < -0.4 is 10.1 Å². The highest BCUT2D eigenvalue weighted by Crippen LogP contribution is 2.23. The molecule has 0 aliphatic rings. The molecule has 0 spiro atoms. The second kappa shape index (κ2) is 7.15. The van der Waals surface area contributed by atoms with Crippen LogP contribution in [0.1, 0.15) is 23.4 Å². The second-order valence-corrected chi connectivity index (χ2v) is 6.20. The Labute approximate surface area is 128 Å². The van der Waals surface area contributed by atoms with E-state index in [2.05, 4.69) is 32.0 Å². The van der Waals surface area contributed by atoms with Gasteiger partial charge in [-0.2, -0.15) is 8.78 Å². The van der Waals surface area contributed by atoms with Crippen LogP contribution in [0, 0.1) is 0 Å². The summed E-state index contributed by atoms with van der Waals surface area (Å²) in [5.41, 5.74) is 0.916. The predicted molar refractivity (Wildman–Crippen MR) is 80.3 cm³/mol. The largest absolute Gasteiger partial charge is 0.435 e. The monoisotopic (exact) mass is 361 g/mol. The average Bonchev–Trinajstić information content (AvgIpc) is 2.81. The van der Waals surface area contributed by atoms with E-state index in [0.29, 0.717) is 0 Å². The zero-order chi connectivity index (χ0) is 14.5. The molecule has 108 valence electrons. The topological polar surface area (TPSA) is 21.3 Å². The van der Waals surface area contributed by atoms with Gasteiger partial charge >= 0.3 is 6.61 Å². The van der Waals surface area contributed by atoms with Crippen LogP contribution in [-0.2, 0) is 6.54 Å². The van der Waals surface area contributed by atoms with Gasteiger partial charge in [0.15, 0.2) is 0 Å². The summed E-state index contributed by atoms with van der Waals surface area (Å²) in [5.74, 6) is 0.185. The number of hydrogen-bond donors (Lipinski definition) is 1. The van der Waals surface area contributed by atoms with Crippen molar-refractivity contribution < 1.29 is 13.5 Å². The Morgan fingerprint density at radius 3 is 2.80 bits per heavy atom. The van der Waals surface area contributed by atoms with E-state index in [4.69, 9.17) is 0 Å². The van der Waals surface area contributed by atoms with Gasteiger partial charge in [-0.05, 0) is 46.6 Å². The molecule has 0 amide bonds. The van der Waals surface area contributed by atoms with E-state index in [1.54, 1.807) is 23.5 Å². The SMILES string of the molecule is CC(NCc1cc(Br)cs1)c1cccc(OC(F)F)c1. The van der Waals surface area contributed by atoms with Gasteiger partial charge in [0.25, 0.3) is 0 Å². The molecule has 2 rings (SSSR count). The molecule has 6 heteroatoms. The minimum absolute atomic E-state index is 0.0529. The first-order valence-electron chi connectivity index (χ1n) is 6.05. The number of hydrogen-bond acceptors (Lipinski definition) is 3. The van der Waals surface area contributed by atoms with Crippen molar-refractivity contribution >= 4 is 27.3 Å². The predicted octanol–water partition coefficient (Wildman–Crippen LogP) is 4.96. The molecule has 1 heterocycles. The molecule has 0 aliphatic heterocycles. The number of thiophene rings is 1. The van der Waals surface area contributed by atoms with Crippen LogP contribution in [0.3, 0.4) is 0 Å². The van der Waals surface area contributed by atoms with E-state index in [1.165, 1.54) is 10.9 Å². The summed E-state index contributed by atoms with van der Waals surface area (Å²) in [6, 6.07) is 8.87. The number of ether oxygens (including phenoxy) is 1. The van der Waals surface area contributed by atoms with Crippen molar-refractivity contribution in [1.82, 2.24) is 5.32 Å². The van der Waals surface area contributed by atoms with Crippen molar-refractivity contribution in [2.24, 2.45) is 0 Å². The van der Waals surface area contributed by atoms with Gasteiger partial charge in [0.05, 0.1) is 0 Å². The molecule has 0 fully saturated rings. The number of benzene rings is 1. The summed E-state index contributed by atoms with van der Waals surface area (Å²) in [6.07, 6.45) is 0. The van der Waals surface area contributed by atoms with Gasteiger partial charge in [-0.25, -0.2) is 0 Å². The van der Waals surface area contributed by atoms with Crippen molar-refractivity contribution in [3.8, 4) is 5.75 Å². The van der Waals surface area contributed by atoms with Crippen molar-refractivity contribution in [2.75, 3.05) is 0 Å². The molecule has 0 aliphatic carbocycles. The minimum atomic E-state index is -2.79. The molecular formula is C14H14BrF2NOS. The lowest BCUT2D eigenvalue weighted by molar-refractivity contribution is -0.0499. The third-order valence-electron chi connectivity index (χ3n) is 2.79. The standard InChI is InChI=1S/C14H14BrF2NOS/c1-9(18-7-13-6-11(15)8-20-13)10-3-2-4-12(5-10)19-14(16)17/h2-6,8-9,14,18H,7H2,1H3. The summed E-state index contributed by atoms with van der Waals surface area (Å²) in [6.45, 7) is -0.0707. The summed E-state index contributed by atoms with van der Waals surface area (Å²) < 4.78 is 29.8. The first-order chi connectivity index (χ1) is 9.54. The minimum Gasteiger partial charge on any atom is -0.435 e. The van der Waals surface area contributed by atoms with Crippen LogP contribution >= 0.6 is 27.3 Å². The quantitative estimate of drug-likeness (QED) is 0.784. The summed E-state index contributed by atoms with van der Waals surface area (Å²) in [5, 5.41) is 5.38. The first kappa shape index (κ1) is 15.4. The summed E-state index contributed by atoms with van der Waals surface area (Å²) >= 11 is 5.08. The Balaban J connectivity index is 1.96. The van der Waals surface area contributed by atoms with Gasteiger partial charge in [-0.15, -0.1) is 11.3 Å². The van der Waals surface area contributed by atoms with Crippen LogP contribution in [0.25, 0.3) is 0 Å². The number of alkyl halides is 2. The van der Waals surface area contributed by atoms with Crippen molar-refractivity contribution in [3.63, 3.8) is 0 Å². The Hall–Kier alpha value is -0.980. The van der Waals surface area contributed by atoms with Gasteiger partial charge < -0.3 is 10.1 Å². The van der Waals surface area contributed by atoms with E-state index in [0.717, 1.165) is 16.6 Å². The van der Waals surface area contributed by atoms with Crippen LogP contribution in [-0.4, -0.2) is 6.61 Å². The third kappa shape index (κ3) is 4.54. The fourth-order valence-corrected chi connectivity index (χ4v) is 3.18.